The maximum atomic E-state index is 11.4. The van der Waals surface area contributed by atoms with Gasteiger partial charge in [0.25, 0.3) is 0 Å². The molecule has 1 aromatic rings. The molecular weight excluding hydrogens is 327 g/mol. The van der Waals surface area contributed by atoms with E-state index >= 15 is 0 Å². The molecule has 1 heterocycles. The van der Waals surface area contributed by atoms with Crippen molar-refractivity contribution in [1.29, 1.82) is 0 Å². The Kier molecular flexibility index (Phi) is 4.15. The number of carbonyl (C=O) groups is 1. The average molecular weight is 339 g/mol. The lowest BCUT2D eigenvalue weighted by Crippen LogP contribution is -2.40. The Morgan fingerprint density at radius 3 is 2.65 bits per heavy atom. The van der Waals surface area contributed by atoms with Gasteiger partial charge in [-0.15, -0.1) is 0 Å². The molecule has 9 heteroatoms. The fraction of sp³-hybridized carbons (Fsp3) is 0.364. The lowest BCUT2D eigenvalue weighted by atomic mass is 9.93. The molecule has 0 saturated carbocycles. The Morgan fingerprint density at radius 1 is 1.45 bits per heavy atom. The van der Waals surface area contributed by atoms with E-state index in [-0.39, 0.29) is 11.4 Å². The van der Waals surface area contributed by atoms with Crippen LogP contribution >= 0.6 is 23.2 Å². The van der Waals surface area contributed by atoms with Crippen LogP contribution in [0.3, 0.4) is 0 Å². The van der Waals surface area contributed by atoms with Crippen LogP contribution in [0, 0.1) is 0 Å². The summed E-state index contributed by atoms with van der Waals surface area (Å²) in [4.78, 5) is 11.1. The molecule has 20 heavy (non-hydrogen) atoms. The number of hydrogen-bond acceptors (Lipinski definition) is 4. The van der Waals surface area contributed by atoms with Gasteiger partial charge in [0.05, 0.1) is 12.3 Å². The van der Waals surface area contributed by atoms with Crippen molar-refractivity contribution < 1.29 is 18.3 Å². The molecular formula is C11H12Cl2N2O4S. The number of fused-ring (bicyclic) bond motifs is 1. The Morgan fingerprint density at radius 2 is 2.10 bits per heavy atom. The van der Waals surface area contributed by atoms with Crippen molar-refractivity contribution in [3.05, 3.63) is 27.7 Å². The third kappa shape index (κ3) is 3.35. The minimum Gasteiger partial charge on any atom is -0.480 e. The maximum Gasteiger partial charge on any atom is 0.326 e. The van der Waals surface area contributed by atoms with Crippen LogP contribution in [-0.2, 0) is 14.8 Å². The molecule has 1 aliphatic heterocycles. The number of carboxylic acids is 1. The summed E-state index contributed by atoms with van der Waals surface area (Å²) in [5, 5.41) is 12.5. The van der Waals surface area contributed by atoms with E-state index in [9.17, 15) is 13.2 Å². The molecule has 0 bridgehead atoms. The normalized spacial score (nSPS) is 21.9. The van der Waals surface area contributed by atoms with Gasteiger partial charge in [0.2, 0.25) is 10.0 Å². The topological polar surface area (TPSA) is 95.5 Å². The monoisotopic (exact) mass is 338 g/mol. The van der Waals surface area contributed by atoms with E-state index in [0.29, 0.717) is 16.3 Å². The smallest absolute Gasteiger partial charge is 0.326 e. The minimum atomic E-state index is -3.50. The molecule has 0 aliphatic carbocycles. The summed E-state index contributed by atoms with van der Waals surface area (Å²) in [5.41, 5.74) is 0.918. The van der Waals surface area contributed by atoms with Gasteiger partial charge in [-0.05, 0) is 18.6 Å². The summed E-state index contributed by atoms with van der Waals surface area (Å²) in [5.74, 6) is -1.08. The number of hydrogen-bond donors (Lipinski definition) is 3. The number of carboxylic acid groups (broad SMARTS) is 1. The zero-order valence-corrected chi connectivity index (χ0v) is 12.7. The first-order chi connectivity index (χ1) is 9.17. The van der Waals surface area contributed by atoms with Crippen molar-refractivity contribution in [2.45, 2.75) is 18.5 Å². The van der Waals surface area contributed by atoms with Crippen LogP contribution in [0.4, 0.5) is 5.69 Å². The van der Waals surface area contributed by atoms with Crippen LogP contribution in [0.2, 0.25) is 10.0 Å². The fourth-order valence-corrected chi connectivity index (χ4v) is 3.54. The Balaban J connectivity index is 2.50. The lowest BCUT2D eigenvalue weighted by molar-refractivity contribution is -0.138. The first kappa shape index (κ1) is 15.4. The predicted octanol–water partition coefficient (Wildman–Crippen LogP) is 1.85. The number of benzene rings is 1. The molecule has 6 nitrogen and oxygen atoms in total. The van der Waals surface area contributed by atoms with E-state index in [1.165, 1.54) is 12.1 Å². The second-order valence-corrected chi connectivity index (χ2v) is 7.19. The number of sulfonamides is 1. The molecule has 110 valence electrons. The highest BCUT2D eigenvalue weighted by molar-refractivity contribution is 7.88. The molecule has 1 aliphatic rings. The maximum absolute atomic E-state index is 11.4. The van der Waals surface area contributed by atoms with Gasteiger partial charge in [-0.3, -0.25) is 0 Å². The minimum absolute atomic E-state index is 0.0523. The van der Waals surface area contributed by atoms with Gasteiger partial charge < -0.3 is 10.4 Å². The van der Waals surface area contributed by atoms with Crippen molar-refractivity contribution in [2.24, 2.45) is 0 Å². The van der Waals surface area contributed by atoms with Crippen LogP contribution < -0.4 is 10.0 Å². The van der Waals surface area contributed by atoms with Crippen molar-refractivity contribution >= 4 is 44.9 Å². The van der Waals surface area contributed by atoms with Gasteiger partial charge in [-0.1, -0.05) is 23.2 Å². The second kappa shape index (κ2) is 5.40. The number of anilines is 1. The van der Waals surface area contributed by atoms with Crippen molar-refractivity contribution in [3.8, 4) is 0 Å². The highest BCUT2D eigenvalue weighted by Crippen LogP contribution is 2.40. The standard InChI is InChI=1S/C11H12Cl2N2O4S/c1-20(18,19)15-8-4-9(11(16)17)14-7-3-5(12)2-6(13)10(7)8/h2-3,8-9,14-15H,4H2,1H3,(H,16,17)/t8-,9+/m0/s1. The summed E-state index contributed by atoms with van der Waals surface area (Å²) in [6.07, 6.45) is 1.06. The second-order valence-electron chi connectivity index (χ2n) is 4.56. The van der Waals surface area contributed by atoms with Crippen LogP contribution in [0.1, 0.15) is 18.0 Å². The van der Waals surface area contributed by atoms with Crippen LogP contribution in [0.5, 0.6) is 0 Å². The molecule has 0 amide bonds. The Hall–Kier alpha value is -1.02. The van der Waals surface area contributed by atoms with E-state index in [2.05, 4.69) is 10.0 Å². The van der Waals surface area contributed by atoms with E-state index in [1.807, 2.05) is 0 Å². The lowest BCUT2D eigenvalue weighted by Gasteiger charge is -2.32. The van der Waals surface area contributed by atoms with Gasteiger partial charge in [-0.25, -0.2) is 17.9 Å². The van der Waals surface area contributed by atoms with Gasteiger partial charge in [0.1, 0.15) is 6.04 Å². The van der Waals surface area contributed by atoms with Crippen molar-refractivity contribution in [1.82, 2.24) is 4.72 Å². The number of rotatable bonds is 3. The molecule has 2 rings (SSSR count). The zero-order valence-electron chi connectivity index (χ0n) is 10.4. The van der Waals surface area contributed by atoms with E-state index in [0.717, 1.165) is 6.26 Å². The third-order valence-electron chi connectivity index (χ3n) is 2.90. The number of aliphatic carboxylic acids is 1. The highest BCUT2D eigenvalue weighted by atomic mass is 35.5. The molecule has 0 spiro atoms. The first-order valence-electron chi connectivity index (χ1n) is 5.63. The van der Waals surface area contributed by atoms with E-state index in [4.69, 9.17) is 28.3 Å². The van der Waals surface area contributed by atoms with Crippen molar-refractivity contribution in [3.63, 3.8) is 0 Å². The first-order valence-corrected chi connectivity index (χ1v) is 8.27. The van der Waals surface area contributed by atoms with Gasteiger partial charge >= 0.3 is 5.97 Å². The molecule has 0 aromatic heterocycles. The molecule has 0 saturated heterocycles. The Labute approximate surface area is 126 Å². The summed E-state index contributed by atoms with van der Waals surface area (Å²) < 4.78 is 25.2. The SMILES string of the molecule is CS(=O)(=O)N[C@H]1C[C@H](C(=O)O)Nc2cc(Cl)cc(Cl)c21. The van der Waals surface area contributed by atoms with Gasteiger partial charge in [-0.2, -0.15) is 0 Å². The summed E-state index contributed by atoms with van der Waals surface area (Å²) in [6.45, 7) is 0. The van der Waals surface area contributed by atoms with Crippen LogP contribution in [-0.4, -0.2) is 31.8 Å². The highest BCUT2D eigenvalue weighted by Gasteiger charge is 2.33. The average Bonchev–Trinajstić information content (AvgIpc) is 2.24. The molecule has 3 N–H and O–H groups in total. The number of halogens is 2. The molecule has 0 radical (unpaired) electrons. The quantitative estimate of drug-likeness (QED) is 0.781. The van der Waals surface area contributed by atoms with E-state index in [1.54, 1.807) is 0 Å². The molecule has 0 fully saturated rings. The predicted molar refractivity (Wildman–Crippen MR) is 76.8 cm³/mol. The molecule has 1 aromatic carbocycles. The van der Waals surface area contributed by atoms with Gasteiger partial charge in [0.15, 0.2) is 0 Å². The zero-order chi connectivity index (χ0) is 15.1. The third-order valence-corrected chi connectivity index (χ3v) is 4.14. The van der Waals surface area contributed by atoms with Crippen molar-refractivity contribution in [2.75, 3.05) is 11.6 Å². The van der Waals surface area contributed by atoms with Gasteiger partial charge in [0, 0.05) is 21.3 Å². The largest absolute Gasteiger partial charge is 0.480 e. The summed E-state index contributed by atoms with van der Waals surface area (Å²) >= 11 is 12.0. The summed E-state index contributed by atoms with van der Waals surface area (Å²) in [7, 11) is -3.50. The van der Waals surface area contributed by atoms with Crippen LogP contribution in [0.25, 0.3) is 0 Å². The Bertz CT molecular complexity index is 663. The molecule has 2 atom stereocenters. The summed E-state index contributed by atoms with van der Waals surface area (Å²) in [6, 6.07) is 1.37. The van der Waals surface area contributed by atoms with Crippen LogP contribution in [0.15, 0.2) is 12.1 Å². The van der Waals surface area contributed by atoms with E-state index < -0.39 is 28.1 Å². The number of nitrogens with one attached hydrogen (secondary N) is 2. The fourth-order valence-electron chi connectivity index (χ4n) is 2.19. The molecule has 0 unspecified atom stereocenters.